The molecule has 1 aromatic heterocycles. The van der Waals surface area contributed by atoms with E-state index in [0.29, 0.717) is 41.5 Å². The summed E-state index contributed by atoms with van der Waals surface area (Å²) in [6.45, 7) is 4.68. The average molecular weight is 478 g/mol. The fourth-order valence-electron chi connectivity index (χ4n) is 4.33. The maximum absolute atomic E-state index is 13.2. The van der Waals surface area contributed by atoms with Gasteiger partial charge in [0.05, 0.1) is 23.0 Å². The van der Waals surface area contributed by atoms with Crippen LogP contribution >= 0.6 is 0 Å². The number of rotatable bonds is 5. The minimum atomic E-state index is -3.83. The molecule has 34 heavy (non-hydrogen) atoms. The molecule has 8 nitrogen and oxygen atoms in total. The Hall–Kier alpha value is -3.64. The number of carbonyl (C=O) groups is 1. The van der Waals surface area contributed by atoms with Gasteiger partial charge in [0.25, 0.3) is 15.9 Å². The van der Waals surface area contributed by atoms with Crippen LogP contribution < -0.4 is 4.72 Å². The SMILES string of the molecule is Cc1ccc(C(=O)N2CCC(c3ccc(C#N)cc3)CC2)cc1NS(=O)(=O)c1cn(C)nc1C. The molecule has 1 saturated heterocycles. The van der Waals surface area contributed by atoms with Gasteiger partial charge < -0.3 is 4.90 Å². The Labute approximate surface area is 199 Å². The predicted octanol–water partition coefficient (Wildman–Crippen LogP) is 3.73. The number of amides is 1. The molecule has 0 aliphatic carbocycles. The van der Waals surface area contributed by atoms with Crippen LogP contribution in [0.25, 0.3) is 0 Å². The van der Waals surface area contributed by atoms with Crippen molar-refractivity contribution >= 4 is 21.6 Å². The van der Waals surface area contributed by atoms with Crippen molar-refractivity contribution in [1.29, 1.82) is 5.26 Å². The van der Waals surface area contributed by atoms with E-state index in [1.807, 2.05) is 29.2 Å². The molecule has 1 aliphatic heterocycles. The van der Waals surface area contributed by atoms with Crippen LogP contribution in [-0.2, 0) is 17.1 Å². The molecule has 4 rings (SSSR count). The number of sulfonamides is 1. The van der Waals surface area contributed by atoms with E-state index in [9.17, 15) is 13.2 Å². The van der Waals surface area contributed by atoms with Crippen LogP contribution in [0.15, 0.2) is 53.6 Å². The zero-order valence-corrected chi connectivity index (χ0v) is 20.3. The smallest absolute Gasteiger partial charge is 0.265 e. The topological polar surface area (TPSA) is 108 Å². The highest BCUT2D eigenvalue weighted by Crippen LogP contribution is 2.30. The monoisotopic (exact) mass is 477 g/mol. The molecule has 9 heteroatoms. The lowest BCUT2D eigenvalue weighted by Crippen LogP contribution is -2.38. The Kier molecular flexibility index (Phi) is 6.44. The number of piperidine rings is 1. The molecule has 0 bridgehead atoms. The first-order chi connectivity index (χ1) is 16.2. The second-order valence-corrected chi connectivity index (χ2v) is 10.3. The van der Waals surface area contributed by atoms with E-state index in [2.05, 4.69) is 15.9 Å². The molecular formula is C25H27N5O3S. The second-order valence-electron chi connectivity index (χ2n) is 8.69. The average Bonchev–Trinajstić information content (AvgIpc) is 3.19. The van der Waals surface area contributed by atoms with Crippen LogP contribution in [0.5, 0.6) is 0 Å². The van der Waals surface area contributed by atoms with Crippen molar-refractivity contribution in [3.63, 3.8) is 0 Å². The summed E-state index contributed by atoms with van der Waals surface area (Å²) < 4.78 is 29.9. The first-order valence-corrected chi connectivity index (χ1v) is 12.6. The summed E-state index contributed by atoms with van der Waals surface area (Å²) in [5.74, 6) is 0.233. The third-order valence-electron chi connectivity index (χ3n) is 6.28. The van der Waals surface area contributed by atoms with Crippen molar-refractivity contribution in [3.05, 3.63) is 76.6 Å². The van der Waals surface area contributed by atoms with E-state index in [0.717, 1.165) is 18.4 Å². The molecule has 0 spiro atoms. The van der Waals surface area contributed by atoms with Crippen molar-refractivity contribution in [2.45, 2.75) is 37.5 Å². The Morgan fingerprint density at radius 2 is 1.79 bits per heavy atom. The highest BCUT2D eigenvalue weighted by atomic mass is 32.2. The number of anilines is 1. The van der Waals surface area contributed by atoms with Gasteiger partial charge in [0.15, 0.2) is 0 Å². The Balaban J connectivity index is 1.47. The summed E-state index contributed by atoms with van der Waals surface area (Å²) in [5, 5.41) is 13.1. The molecular weight excluding hydrogens is 450 g/mol. The van der Waals surface area contributed by atoms with E-state index >= 15 is 0 Å². The van der Waals surface area contributed by atoms with E-state index in [-0.39, 0.29) is 10.8 Å². The maximum Gasteiger partial charge on any atom is 0.265 e. The van der Waals surface area contributed by atoms with Gasteiger partial charge in [0.2, 0.25) is 0 Å². The third-order valence-corrected chi connectivity index (χ3v) is 7.75. The number of hydrogen-bond acceptors (Lipinski definition) is 5. The lowest BCUT2D eigenvalue weighted by Gasteiger charge is -2.32. The molecule has 0 radical (unpaired) electrons. The fourth-order valence-corrected chi connectivity index (χ4v) is 5.68. The van der Waals surface area contributed by atoms with Gasteiger partial charge in [0.1, 0.15) is 4.90 Å². The van der Waals surface area contributed by atoms with E-state index in [1.165, 1.54) is 16.4 Å². The molecule has 0 unspecified atom stereocenters. The molecule has 1 aliphatic rings. The van der Waals surface area contributed by atoms with Gasteiger partial charge in [-0.25, -0.2) is 8.42 Å². The van der Waals surface area contributed by atoms with Gasteiger partial charge in [-0.3, -0.25) is 14.2 Å². The Morgan fingerprint density at radius 3 is 2.38 bits per heavy atom. The number of nitrogens with one attached hydrogen (secondary N) is 1. The summed E-state index contributed by atoms with van der Waals surface area (Å²) in [6.07, 6.45) is 3.13. The molecule has 0 saturated carbocycles. The van der Waals surface area contributed by atoms with E-state index in [1.54, 1.807) is 39.1 Å². The van der Waals surface area contributed by atoms with Crippen molar-refractivity contribution in [2.24, 2.45) is 7.05 Å². The zero-order chi connectivity index (χ0) is 24.5. The van der Waals surface area contributed by atoms with Gasteiger partial charge in [-0.05, 0) is 68.0 Å². The number of aryl methyl sites for hydroxylation is 3. The van der Waals surface area contributed by atoms with E-state index < -0.39 is 10.0 Å². The van der Waals surface area contributed by atoms with Gasteiger partial charge in [-0.1, -0.05) is 18.2 Å². The first-order valence-electron chi connectivity index (χ1n) is 11.1. The lowest BCUT2D eigenvalue weighted by atomic mass is 9.89. The zero-order valence-electron chi connectivity index (χ0n) is 19.4. The first kappa shape index (κ1) is 23.5. The van der Waals surface area contributed by atoms with E-state index in [4.69, 9.17) is 5.26 Å². The molecule has 176 valence electrons. The quantitative estimate of drug-likeness (QED) is 0.602. The Bertz CT molecular complexity index is 1360. The normalized spacial score (nSPS) is 14.6. The molecule has 2 heterocycles. The largest absolute Gasteiger partial charge is 0.339 e. The van der Waals surface area contributed by atoms with Crippen molar-refractivity contribution in [2.75, 3.05) is 17.8 Å². The van der Waals surface area contributed by atoms with Gasteiger partial charge in [0, 0.05) is 31.9 Å². The van der Waals surface area contributed by atoms with Crippen LogP contribution in [0.2, 0.25) is 0 Å². The summed E-state index contributed by atoms with van der Waals surface area (Å²) in [4.78, 5) is 15.1. The predicted molar refractivity (Wildman–Crippen MR) is 129 cm³/mol. The maximum atomic E-state index is 13.2. The molecule has 2 aromatic carbocycles. The van der Waals surface area contributed by atoms with Crippen LogP contribution in [-0.4, -0.2) is 42.1 Å². The highest BCUT2D eigenvalue weighted by molar-refractivity contribution is 7.92. The number of nitrogens with zero attached hydrogens (tertiary/aromatic N) is 4. The van der Waals surface area contributed by atoms with Crippen molar-refractivity contribution in [3.8, 4) is 6.07 Å². The Morgan fingerprint density at radius 1 is 1.12 bits per heavy atom. The van der Waals surface area contributed by atoms with Crippen molar-refractivity contribution < 1.29 is 13.2 Å². The molecule has 1 N–H and O–H groups in total. The summed E-state index contributed by atoms with van der Waals surface area (Å²) in [7, 11) is -2.17. The minimum Gasteiger partial charge on any atom is -0.339 e. The van der Waals surface area contributed by atoms with Gasteiger partial charge in [-0.2, -0.15) is 10.4 Å². The van der Waals surface area contributed by atoms with Crippen LogP contribution in [0.3, 0.4) is 0 Å². The van der Waals surface area contributed by atoms with Gasteiger partial charge in [-0.15, -0.1) is 0 Å². The number of likely N-dealkylation sites (tertiary alicyclic amines) is 1. The summed E-state index contributed by atoms with van der Waals surface area (Å²) in [5.41, 5.74) is 3.78. The van der Waals surface area contributed by atoms with Crippen LogP contribution in [0.1, 0.15) is 51.5 Å². The molecule has 3 aromatic rings. The lowest BCUT2D eigenvalue weighted by molar-refractivity contribution is 0.0713. The number of aromatic nitrogens is 2. The fraction of sp³-hybridized carbons (Fsp3) is 0.320. The highest BCUT2D eigenvalue weighted by Gasteiger charge is 2.26. The molecule has 1 amide bonds. The number of nitriles is 1. The summed E-state index contributed by atoms with van der Waals surface area (Å²) >= 11 is 0. The number of benzene rings is 2. The molecule has 0 atom stereocenters. The standard InChI is InChI=1S/C25H27N5O3S/c1-17-4-7-22(14-23(17)28-34(32,33)24-16-29(3)27-18(24)2)25(31)30-12-10-21(11-13-30)20-8-5-19(15-26)6-9-20/h4-9,14,16,21,28H,10-13H2,1-3H3. The third kappa shape index (κ3) is 4.82. The summed E-state index contributed by atoms with van der Waals surface area (Å²) in [6, 6.07) is 14.9. The van der Waals surface area contributed by atoms with Crippen LogP contribution in [0.4, 0.5) is 5.69 Å². The van der Waals surface area contributed by atoms with Gasteiger partial charge >= 0.3 is 0 Å². The van der Waals surface area contributed by atoms with Crippen LogP contribution in [0, 0.1) is 25.2 Å². The molecule has 1 fully saturated rings. The second kappa shape index (κ2) is 9.31. The minimum absolute atomic E-state index is 0.107. The number of hydrogen-bond donors (Lipinski definition) is 1. The van der Waals surface area contributed by atoms with Crippen molar-refractivity contribution in [1.82, 2.24) is 14.7 Å². The number of carbonyl (C=O) groups excluding carboxylic acids is 1.